The van der Waals surface area contributed by atoms with Crippen LogP contribution in [0.15, 0.2) is 36.4 Å². The van der Waals surface area contributed by atoms with Gasteiger partial charge in [0.05, 0.1) is 23.1 Å². The van der Waals surface area contributed by atoms with E-state index in [0.717, 1.165) is 37.8 Å². The molecule has 5 aliphatic rings. The topological polar surface area (TPSA) is 95.9 Å². The minimum absolute atomic E-state index is 0.00930. The van der Waals surface area contributed by atoms with Crippen LogP contribution in [0, 0.1) is 23.7 Å². The number of nitrogens with one attached hydrogen (secondary N) is 1. The van der Waals surface area contributed by atoms with Gasteiger partial charge in [-0.1, -0.05) is 31.0 Å². The number of ether oxygens (including phenoxy) is 1. The van der Waals surface area contributed by atoms with Crippen LogP contribution in [0.3, 0.4) is 0 Å². The van der Waals surface area contributed by atoms with E-state index >= 15 is 0 Å². The van der Waals surface area contributed by atoms with E-state index in [-0.39, 0.29) is 47.5 Å². The number of carbonyl (C=O) groups excluding carboxylic acids is 1. The number of carbonyl (C=O) groups is 1. The highest BCUT2D eigenvalue weighted by molar-refractivity contribution is 7.90. The van der Waals surface area contributed by atoms with Gasteiger partial charge in [-0.25, -0.2) is 21.9 Å². The molecule has 7 rings (SSSR count). The average Bonchev–Trinajstić information content (AvgIpc) is 3.16. The molecule has 1 amide bonds. The Kier molecular flexibility index (Phi) is 9.26. The molecule has 2 N–H and O–H groups in total. The van der Waals surface area contributed by atoms with E-state index in [2.05, 4.69) is 21.8 Å². The Morgan fingerprint density at radius 2 is 1.86 bits per heavy atom. The van der Waals surface area contributed by atoms with Crippen LogP contribution in [0.1, 0.15) is 106 Å². The second-order valence-corrected chi connectivity index (χ2v) is 18.5. The van der Waals surface area contributed by atoms with Crippen molar-refractivity contribution in [1.82, 2.24) is 4.72 Å². The quantitative estimate of drug-likeness (QED) is 0.339. The van der Waals surface area contributed by atoms with Crippen molar-refractivity contribution in [3.05, 3.63) is 58.1 Å². The molecule has 0 unspecified atom stereocenters. The Labute approximate surface area is 294 Å². The molecule has 2 fully saturated rings. The van der Waals surface area contributed by atoms with Crippen molar-refractivity contribution in [2.75, 3.05) is 24.6 Å². The fraction of sp³-hybridized carbons (Fsp3) is 0.658. The van der Waals surface area contributed by atoms with Gasteiger partial charge in [-0.05, 0) is 130 Å². The minimum Gasteiger partial charge on any atom is -0.490 e. The van der Waals surface area contributed by atoms with Gasteiger partial charge < -0.3 is 14.7 Å². The number of aryl methyl sites for hydroxylation is 1. The van der Waals surface area contributed by atoms with Gasteiger partial charge in [-0.15, -0.1) is 0 Å². The summed E-state index contributed by atoms with van der Waals surface area (Å²) in [4.78, 5) is 15.8. The van der Waals surface area contributed by atoms with Crippen molar-refractivity contribution < 1.29 is 31.8 Å². The summed E-state index contributed by atoms with van der Waals surface area (Å²) in [7, 11) is -3.99. The third kappa shape index (κ3) is 6.83. The Morgan fingerprint density at radius 3 is 2.59 bits per heavy atom. The van der Waals surface area contributed by atoms with Crippen molar-refractivity contribution in [1.29, 1.82) is 0 Å². The molecule has 0 aromatic heterocycles. The summed E-state index contributed by atoms with van der Waals surface area (Å²) < 4.78 is 63.3. The van der Waals surface area contributed by atoms with E-state index in [9.17, 15) is 27.1 Å². The molecule has 3 aliphatic carbocycles. The number of anilines is 1. The van der Waals surface area contributed by atoms with E-state index in [0.29, 0.717) is 62.6 Å². The van der Waals surface area contributed by atoms with E-state index in [4.69, 9.17) is 16.3 Å². The molecule has 2 bridgehead atoms. The molecule has 7 nitrogen and oxygen atoms in total. The Balaban J connectivity index is 1.26. The van der Waals surface area contributed by atoms with Gasteiger partial charge in [0.2, 0.25) is 15.9 Å². The van der Waals surface area contributed by atoms with Crippen LogP contribution >= 0.6 is 11.6 Å². The molecule has 2 aliphatic heterocycles. The highest BCUT2D eigenvalue weighted by Gasteiger charge is 2.51. The third-order valence-corrected chi connectivity index (χ3v) is 15.0. The smallest absolute Gasteiger partial charge is 0.264 e. The Morgan fingerprint density at radius 1 is 1.06 bits per heavy atom. The van der Waals surface area contributed by atoms with Crippen LogP contribution in [0.4, 0.5) is 14.5 Å². The standard InChI is InChI=1S/C38H49ClF2N2O5S/c1-24-5-3-15-37(45,16-13-26-19-38(40,41)20-26)32-10-7-29(32)21-43-22-36(14-4-6-27-17-30(39)9-11-31(27)36)23-48-34-12-8-28(18-33(34)43)35(44)42-49(46,47)25(24)2/h8-9,11-12,17-18,24-26,29,32,45H,3-7,10,13-16,19-23H2,1-2H3,(H,42,44)/t24-,25+,29-,32+,36-,37+/m0/s1. The first-order valence-corrected chi connectivity index (χ1v) is 20.1. The van der Waals surface area contributed by atoms with Crippen LogP contribution in [-0.2, 0) is 21.9 Å². The summed E-state index contributed by atoms with van der Waals surface area (Å²) in [5.74, 6) is -2.82. The van der Waals surface area contributed by atoms with Crippen molar-refractivity contribution in [3.8, 4) is 5.75 Å². The zero-order valence-electron chi connectivity index (χ0n) is 28.5. The highest BCUT2D eigenvalue weighted by atomic mass is 35.5. The molecule has 2 heterocycles. The van der Waals surface area contributed by atoms with Crippen LogP contribution in [-0.4, -0.2) is 55.9 Å². The average molecular weight is 719 g/mol. The molecule has 268 valence electrons. The first-order valence-electron chi connectivity index (χ1n) is 18.1. The number of halogens is 3. The highest BCUT2D eigenvalue weighted by Crippen LogP contribution is 2.52. The molecule has 2 aromatic rings. The van der Waals surface area contributed by atoms with Gasteiger partial charge >= 0.3 is 0 Å². The molecule has 0 saturated heterocycles. The van der Waals surface area contributed by atoms with Crippen LogP contribution in [0.5, 0.6) is 5.75 Å². The van der Waals surface area contributed by atoms with Crippen molar-refractivity contribution in [2.24, 2.45) is 23.7 Å². The fourth-order valence-corrected chi connectivity index (χ4v) is 11.0. The second kappa shape index (κ2) is 13.0. The summed E-state index contributed by atoms with van der Waals surface area (Å²) in [6.45, 7) is 5.20. The maximum Gasteiger partial charge on any atom is 0.264 e. The second-order valence-electron chi connectivity index (χ2n) is 16.1. The molecular weight excluding hydrogens is 670 g/mol. The molecule has 6 atom stereocenters. The van der Waals surface area contributed by atoms with Crippen molar-refractivity contribution in [2.45, 2.75) is 113 Å². The number of amides is 1. The van der Waals surface area contributed by atoms with Gasteiger partial charge in [-0.2, -0.15) is 0 Å². The monoisotopic (exact) mass is 718 g/mol. The molecule has 11 heteroatoms. The predicted molar refractivity (Wildman–Crippen MR) is 187 cm³/mol. The maximum absolute atomic E-state index is 13.7. The SMILES string of the molecule is C[C@@H]1[C@@H](C)CCC[C@@](O)(CCC2CC(F)(F)C2)[C@@H]2CC[C@H]2CN2C[C@@]3(CCCc4cc(Cl)ccc43)COc3ccc(cc32)C(=O)NS1(=O)=O. The summed E-state index contributed by atoms with van der Waals surface area (Å²) >= 11 is 6.43. The van der Waals surface area contributed by atoms with E-state index < -0.39 is 32.7 Å². The van der Waals surface area contributed by atoms with Crippen molar-refractivity contribution >= 4 is 33.2 Å². The predicted octanol–water partition coefficient (Wildman–Crippen LogP) is 7.66. The molecule has 2 aromatic carbocycles. The third-order valence-electron chi connectivity index (χ3n) is 12.8. The number of hydrogen-bond acceptors (Lipinski definition) is 6. The lowest BCUT2D eigenvalue weighted by molar-refractivity contribution is -0.130. The number of hydrogen-bond donors (Lipinski definition) is 2. The van der Waals surface area contributed by atoms with Gasteiger partial charge in [0.1, 0.15) is 5.75 Å². The maximum atomic E-state index is 13.7. The first-order chi connectivity index (χ1) is 23.2. The van der Waals surface area contributed by atoms with E-state index in [1.54, 1.807) is 25.1 Å². The lowest BCUT2D eigenvalue weighted by Gasteiger charge is -2.51. The number of nitrogens with zero attached hydrogens (tertiary/aromatic N) is 1. The number of benzene rings is 2. The van der Waals surface area contributed by atoms with Gasteiger partial charge in [-0.3, -0.25) is 4.79 Å². The normalized spacial score (nSPS) is 34.3. The van der Waals surface area contributed by atoms with E-state index in [1.165, 1.54) is 11.1 Å². The number of sulfonamides is 1. The summed E-state index contributed by atoms with van der Waals surface area (Å²) in [5, 5.41) is 12.3. The summed E-state index contributed by atoms with van der Waals surface area (Å²) in [5.41, 5.74) is 2.05. The zero-order chi connectivity index (χ0) is 34.8. The van der Waals surface area contributed by atoms with Gasteiger partial charge in [0.25, 0.3) is 5.91 Å². The van der Waals surface area contributed by atoms with Gasteiger partial charge in [0, 0.05) is 41.9 Å². The Hall–Kier alpha value is -2.43. The number of fused-ring (bicyclic) bond motifs is 4. The number of aliphatic hydroxyl groups is 1. The zero-order valence-corrected chi connectivity index (χ0v) is 30.1. The van der Waals surface area contributed by atoms with Crippen LogP contribution in [0.25, 0.3) is 0 Å². The summed E-state index contributed by atoms with van der Waals surface area (Å²) in [6.07, 6.45) is 7.09. The first kappa shape index (κ1) is 35.0. The molecule has 49 heavy (non-hydrogen) atoms. The van der Waals surface area contributed by atoms with Crippen LogP contribution in [0.2, 0.25) is 5.02 Å². The van der Waals surface area contributed by atoms with Crippen LogP contribution < -0.4 is 14.4 Å². The molecule has 0 radical (unpaired) electrons. The molecule has 1 spiro atoms. The number of alkyl halides is 2. The van der Waals surface area contributed by atoms with Crippen molar-refractivity contribution in [3.63, 3.8) is 0 Å². The largest absolute Gasteiger partial charge is 0.490 e. The fourth-order valence-electron chi connectivity index (χ4n) is 9.52. The number of rotatable bonds is 3. The lowest BCUT2D eigenvalue weighted by atomic mass is 9.60. The lowest BCUT2D eigenvalue weighted by Crippen LogP contribution is -2.53. The van der Waals surface area contributed by atoms with E-state index in [1.807, 2.05) is 13.0 Å². The summed E-state index contributed by atoms with van der Waals surface area (Å²) in [6, 6.07) is 11.3. The van der Waals surface area contributed by atoms with Gasteiger partial charge in [0.15, 0.2) is 0 Å². The molecular formula is C38H49ClF2N2O5S. The Bertz CT molecular complexity index is 1700. The minimum atomic E-state index is -3.99. The molecule has 2 saturated carbocycles.